The van der Waals surface area contributed by atoms with E-state index in [1.54, 1.807) is 0 Å². The van der Waals surface area contributed by atoms with Crippen LogP contribution in [-0.2, 0) is 6.54 Å². The molecule has 1 heteroatoms. The Hall–Kier alpha value is -0.820. The van der Waals surface area contributed by atoms with Gasteiger partial charge in [-0.3, -0.25) is 0 Å². The number of rotatable bonds is 5. The normalized spacial score (nSPS) is 15.6. The van der Waals surface area contributed by atoms with Gasteiger partial charge in [0.2, 0.25) is 0 Å². The Kier molecular flexibility index (Phi) is 3.42. The summed E-state index contributed by atoms with van der Waals surface area (Å²) in [6.45, 7) is 6.56. The summed E-state index contributed by atoms with van der Waals surface area (Å²) in [5.74, 6) is 1.04. The third-order valence-corrected chi connectivity index (χ3v) is 3.25. The molecule has 1 aromatic rings. The minimum atomic E-state index is 1.03. The van der Waals surface area contributed by atoms with Crippen molar-refractivity contribution in [2.24, 2.45) is 5.92 Å². The molecule has 0 spiro atoms. The third kappa shape index (κ3) is 3.35. The van der Waals surface area contributed by atoms with Gasteiger partial charge in [0.25, 0.3) is 0 Å². The number of hydrogen-bond donors (Lipinski definition) is 1. The topological polar surface area (TPSA) is 12.0 Å². The van der Waals surface area contributed by atoms with Crippen LogP contribution in [0.2, 0.25) is 0 Å². The van der Waals surface area contributed by atoms with Gasteiger partial charge in [0.05, 0.1) is 0 Å². The molecule has 0 unspecified atom stereocenters. The number of aryl methyl sites for hydroxylation is 2. The van der Waals surface area contributed by atoms with Crippen molar-refractivity contribution in [1.82, 2.24) is 5.32 Å². The zero-order chi connectivity index (χ0) is 10.7. The predicted octanol–water partition coefficient (Wildman–Crippen LogP) is 3.19. The summed E-state index contributed by atoms with van der Waals surface area (Å²) in [6, 6.07) is 6.69. The van der Waals surface area contributed by atoms with Crippen LogP contribution in [0.1, 0.15) is 36.0 Å². The second-order valence-corrected chi connectivity index (χ2v) is 4.84. The molecule has 0 amide bonds. The van der Waals surface area contributed by atoms with Crippen molar-refractivity contribution in [3.8, 4) is 0 Å². The lowest BCUT2D eigenvalue weighted by molar-refractivity contribution is 0.611. The molecule has 0 heterocycles. The van der Waals surface area contributed by atoms with Gasteiger partial charge in [0.1, 0.15) is 0 Å². The summed E-state index contributed by atoms with van der Waals surface area (Å²) in [7, 11) is 0. The van der Waals surface area contributed by atoms with Crippen molar-refractivity contribution in [2.45, 2.75) is 39.7 Å². The highest BCUT2D eigenvalue weighted by Gasteiger charge is 2.19. The van der Waals surface area contributed by atoms with Gasteiger partial charge < -0.3 is 5.32 Å². The van der Waals surface area contributed by atoms with E-state index in [9.17, 15) is 0 Å². The Labute approximate surface area is 92.9 Å². The maximum absolute atomic E-state index is 3.54. The third-order valence-electron chi connectivity index (χ3n) is 3.25. The van der Waals surface area contributed by atoms with Gasteiger partial charge in [0.15, 0.2) is 0 Å². The molecule has 1 aliphatic rings. The lowest BCUT2D eigenvalue weighted by Crippen LogP contribution is -2.15. The maximum atomic E-state index is 3.54. The first-order chi connectivity index (χ1) is 7.25. The Morgan fingerprint density at radius 3 is 2.80 bits per heavy atom. The van der Waals surface area contributed by atoms with Crippen molar-refractivity contribution < 1.29 is 0 Å². The Bertz CT molecular complexity index is 326. The molecule has 1 fully saturated rings. The van der Waals surface area contributed by atoms with E-state index in [4.69, 9.17) is 0 Å². The van der Waals surface area contributed by atoms with Crippen molar-refractivity contribution in [3.63, 3.8) is 0 Å². The van der Waals surface area contributed by atoms with Crippen LogP contribution >= 0.6 is 0 Å². The van der Waals surface area contributed by atoms with E-state index in [1.807, 2.05) is 0 Å². The lowest BCUT2D eigenvalue weighted by Gasteiger charge is -2.08. The van der Waals surface area contributed by atoms with E-state index in [0.29, 0.717) is 0 Å². The molecule has 0 atom stereocenters. The molecular formula is C14H21N. The second-order valence-electron chi connectivity index (χ2n) is 4.84. The minimum Gasteiger partial charge on any atom is -0.313 e. The standard InChI is InChI=1S/C14H21N/c1-11-3-4-12(2)14(9-11)10-15-8-7-13-5-6-13/h3-4,9,13,15H,5-8,10H2,1-2H3. The second kappa shape index (κ2) is 4.80. The van der Waals surface area contributed by atoms with Crippen LogP contribution in [0.25, 0.3) is 0 Å². The molecule has 0 aromatic heterocycles. The lowest BCUT2D eigenvalue weighted by atomic mass is 10.1. The van der Waals surface area contributed by atoms with Crippen LogP contribution in [0, 0.1) is 19.8 Å². The van der Waals surface area contributed by atoms with Gasteiger partial charge in [-0.05, 0) is 43.9 Å². The highest BCUT2D eigenvalue weighted by Crippen LogP contribution is 2.31. The van der Waals surface area contributed by atoms with Crippen LogP contribution in [0.5, 0.6) is 0 Å². The smallest absolute Gasteiger partial charge is 0.0208 e. The molecule has 0 radical (unpaired) electrons. The van der Waals surface area contributed by atoms with E-state index in [2.05, 4.69) is 37.4 Å². The molecule has 2 rings (SSSR count). The van der Waals surface area contributed by atoms with E-state index < -0.39 is 0 Å². The zero-order valence-electron chi connectivity index (χ0n) is 9.84. The Morgan fingerprint density at radius 1 is 1.27 bits per heavy atom. The molecule has 82 valence electrons. The minimum absolute atomic E-state index is 1.03. The first-order valence-corrected chi connectivity index (χ1v) is 6.02. The molecular weight excluding hydrogens is 182 g/mol. The molecule has 0 saturated heterocycles. The fourth-order valence-corrected chi connectivity index (χ4v) is 1.93. The van der Waals surface area contributed by atoms with Crippen molar-refractivity contribution in [1.29, 1.82) is 0 Å². The Balaban J connectivity index is 1.78. The Morgan fingerprint density at radius 2 is 2.07 bits per heavy atom. The fraction of sp³-hybridized carbons (Fsp3) is 0.571. The summed E-state index contributed by atoms with van der Waals surface area (Å²) in [5.41, 5.74) is 4.21. The van der Waals surface area contributed by atoms with Gasteiger partial charge >= 0.3 is 0 Å². The van der Waals surface area contributed by atoms with Gasteiger partial charge in [0, 0.05) is 6.54 Å². The highest BCUT2D eigenvalue weighted by atomic mass is 14.8. The van der Waals surface area contributed by atoms with E-state index in [1.165, 1.54) is 42.5 Å². The molecule has 1 aliphatic carbocycles. The average molecular weight is 203 g/mol. The van der Waals surface area contributed by atoms with Crippen LogP contribution < -0.4 is 5.32 Å². The van der Waals surface area contributed by atoms with Crippen molar-refractivity contribution >= 4 is 0 Å². The quantitative estimate of drug-likeness (QED) is 0.725. The van der Waals surface area contributed by atoms with Crippen molar-refractivity contribution in [3.05, 3.63) is 34.9 Å². The largest absolute Gasteiger partial charge is 0.313 e. The van der Waals surface area contributed by atoms with E-state index in [0.717, 1.165) is 12.5 Å². The van der Waals surface area contributed by atoms with Crippen molar-refractivity contribution in [2.75, 3.05) is 6.54 Å². The maximum Gasteiger partial charge on any atom is 0.0208 e. The van der Waals surface area contributed by atoms with Gasteiger partial charge in [-0.25, -0.2) is 0 Å². The first kappa shape index (κ1) is 10.7. The van der Waals surface area contributed by atoms with Crippen LogP contribution in [-0.4, -0.2) is 6.54 Å². The van der Waals surface area contributed by atoms with E-state index >= 15 is 0 Å². The molecule has 15 heavy (non-hydrogen) atoms. The van der Waals surface area contributed by atoms with Crippen LogP contribution in [0.15, 0.2) is 18.2 Å². The van der Waals surface area contributed by atoms with E-state index in [-0.39, 0.29) is 0 Å². The predicted molar refractivity (Wildman–Crippen MR) is 65.0 cm³/mol. The molecule has 1 aromatic carbocycles. The zero-order valence-corrected chi connectivity index (χ0v) is 9.84. The SMILES string of the molecule is Cc1ccc(C)c(CNCCC2CC2)c1. The van der Waals surface area contributed by atoms with Gasteiger partial charge in [-0.1, -0.05) is 36.6 Å². The first-order valence-electron chi connectivity index (χ1n) is 6.02. The number of nitrogens with one attached hydrogen (secondary N) is 1. The molecule has 0 bridgehead atoms. The number of benzene rings is 1. The summed E-state index contributed by atoms with van der Waals surface area (Å²) >= 11 is 0. The summed E-state index contributed by atoms with van der Waals surface area (Å²) in [5, 5.41) is 3.54. The summed E-state index contributed by atoms with van der Waals surface area (Å²) < 4.78 is 0. The monoisotopic (exact) mass is 203 g/mol. The molecule has 0 aliphatic heterocycles. The van der Waals surface area contributed by atoms with Gasteiger partial charge in [-0.2, -0.15) is 0 Å². The fourth-order valence-electron chi connectivity index (χ4n) is 1.93. The molecule has 1 nitrogen and oxygen atoms in total. The molecule has 1 N–H and O–H groups in total. The summed E-state index contributed by atoms with van der Waals surface area (Å²) in [6.07, 6.45) is 4.29. The average Bonchev–Trinajstić information content (AvgIpc) is 3.01. The number of hydrogen-bond acceptors (Lipinski definition) is 1. The summed E-state index contributed by atoms with van der Waals surface area (Å²) in [4.78, 5) is 0. The van der Waals surface area contributed by atoms with Crippen LogP contribution in [0.3, 0.4) is 0 Å². The molecule has 1 saturated carbocycles. The highest BCUT2D eigenvalue weighted by molar-refractivity contribution is 5.30. The van der Waals surface area contributed by atoms with Crippen LogP contribution in [0.4, 0.5) is 0 Å². The van der Waals surface area contributed by atoms with Gasteiger partial charge in [-0.15, -0.1) is 0 Å².